The van der Waals surface area contributed by atoms with Gasteiger partial charge in [0.15, 0.2) is 0 Å². The van der Waals surface area contributed by atoms with Crippen LogP contribution in [0.3, 0.4) is 0 Å². The van der Waals surface area contributed by atoms with Crippen molar-refractivity contribution in [2.45, 2.75) is 32.6 Å². The molecule has 0 fully saturated rings. The van der Waals surface area contributed by atoms with E-state index in [9.17, 15) is 8.42 Å². The molecule has 0 spiro atoms. The van der Waals surface area contributed by atoms with Crippen LogP contribution in [0.2, 0.25) is 0 Å². The molecule has 0 amide bonds. The fraction of sp³-hybridized carbons (Fsp3) is 0.538. The lowest BCUT2D eigenvalue weighted by Crippen LogP contribution is -2.36. The number of benzene rings is 1. The molecule has 1 rings (SSSR count). The Morgan fingerprint density at radius 2 is 1.94 bits per heavy atom. The van der Waals surface area contributed by atoms with Gasteiger partial charge in [0.1, 0.15) is 0 Å². The van der Waals surface area contributed by atoms with E-state index in [1.807, 2.05) is 0 Å². The summed E-state index contributed by atoms with van der Waals surface area (Å²) in [6.45, 7) is 8.72. The third-order valence-corrected chi connectivity index (χ3v) is 5.28. The van der Waals surface area contributed by atoms with Crippen molar-refractivity contribution in [1.29, 1.82) is 0 Å². The molecule has 0 aliphatic carbocycles. The average molecular weight is 334 g/mol. The van der Waals surface area contributed by atoms with Gasteiger partial charge in [0.05, 0.1) is 4.90 Å². The zero-order chi connectivity index (χ0) is 14.0. The first-order valence-corrected chi connectivity index (χ1v) is 8.18. The highest BCUT2D eigenvalue weighted by atomic mass is 79.9. The van der Waals surface area contributed by atoms with E-state index in [0.29, 0.717) is 12.5 Å². The highest BCUT2D eigenvalue weighted by Crippen LogP contribution is 2.25. The molecule has 0 saturated heterocycles. The van der Waals surface area contributed by atoms with Crippen LogP contribution in [-0.4, -0.2) is 15.0 Å². The van der Waals surface area contributed by atoms with Crippen molar-refractivity contribution in [2.75, 3.05) is 6.54 Å². The Balaban J connectivity index is 2.84. The zero-order valence-electron chi connectivity index (χ0n) is 11.2. The Labute approximate surface area is 118 Å². The van der Waals surface area contributed by atoms with Crippen LogP contribution in [-0.2, 0) is 10.0 Å². The van der Waals surface area contributed by atoms with Gasteiger partial charge in [0, 0.05) is 11.0 Å². The summed E-state index contributed by atoms with van der Waals surface area (Å²) in [6.07, 6.45) is 0. The molecule has 1 aromatic carbocycles. The fourth-order valence-corrected chi connectivity index (χ4v) is 3.02. The van der Waals surface area contributed by atoms with Gasteiger partial charge in [0.2, 0.25) is 10.0 Å². The number of hydrogen-bond acceptors (Lipinski definition) is 2. The van der Waals surface area contributed by atoms with Gasteiger partial charge in [-0.3, -0.25) is 0 Å². The number of sulfonamides is 1. The van der Waals surface area contributed by atoms with Crippen molar-refractivity contribution in [2.24, 2.45) is 11.3 Å². The van der Waals surface area contributed by atoms with E-state index in [1.165, 1.54) is 0 Å². The number of hydrogen-bond donors (Lipinski definition) is 1. The standard InChI is InChI=1S/C13H20BrNO2S/c1-10(2)13(3,4)9-15-18(16,17)12-7-5-6-11(14)8-12/h5-8,10,15H,9H2,1-4H3. The Morgan fingerprint density at radius 1 is 1.33 bits per heavy atom. The molecule has 0 bridgehead atoms. The summed E-state index contributed by atoms with van der Waals surface area (Å²) in [7, 11) is -3.43. The van der Waals surface area contributed by atoms with E-state index < -0.39 is 10.0 Å². The lowest BCUT2D eigenvalue weighted by molar-refractivity contribution is 0.252. The third kappa shape index (κ3) is 4.07. The van der Waals surface area contributed by atoms with Gasteiger partial charge in [-0.05, 0) is 29.5 Å². The lowest BCUT2D eigenvalue weighted by atomic mass is 9.81. The molecule has 0 aliphatic rings. The monoisotopic (exact) mass is 333 g/mol. The van der Waals surface area contributed by atoms with Gasteiger partial charge in [-0.1, -0.05) is 49.7 Å². The molecule has 5 heteroatoms. The normalized spacial score (nSPS) is 13.0. The first-order valence-electron chi connectivity index (χ1n) is 5.90. The Bertz CT molecular complexity index is 509. The quantitative estimate of drug-likeness (QED) is 0.897. The molecule has 0 atom stereocenters. The first kappa shape index (κ1) is 15.7. The first-order chi connectivity index (χ1) is 8.15. The fourth-order valence-electron chi connectivity index (χ4n) is 1.20. The summed E-state index contributed by atoms with van der Waals surface area (Å²) < 4.78 is 27.7. The second-order valence-electron chi connectivity index (χ2n) is 5.43. The van der Waals surface area contributed by atoms with E-state index in [2.05, 4.69) is 48.3 Å². The minimum absolute atomic E-state index is 0.0704. The van der Waals surface area contributed by atoms with Crippen LogP contribution in [0.5, 0.6) is 0 Å². The predicted octanol–water partition coefficient (Wildman–Crippen LogP) is 3.41. The van der Waals surface area contributed by atoms with E-state index in [4.69, 9.17) is 0 Å². The Hall–Kier alpha value is -0.390. The molecule has 1 N–H and O–H groups in total. The van der Waals surface area contributed by atoms with Crippen LogP contribution in [0.4, 0.5) is 0 Å². The van der Waals surface area contributed by atoms with Crippen molar-refractivity contribution in [3.63, 3.8) is 0 Å². The topological polar surface area (TPSA) is 46.2 Å². The summed E-state index contributed by atoms with van der Waals surface area (Å²) in [5.41, 5.74) is -0.0704. The maximum absolute atomic E-state index is 12.1. The van der Waals surface area contributed by atoms with Crippen LogP contribution < -0.4 is 4.72 Å². The van der Waals surface area contributed by atoms with Crippen molar-refractivity contribution in [1.82, 2.24) is 4.72 Å². The number of nitrogens with one attached hydrogen (secondary N) is 1. The van der Waals surface area contributed by atoms with Gasteiger partial charge in [-0.2, -0.15) is 0 Å². The molecule has 3 nitrogen and oxygen atoms in total. The largest absolute Gasteiger partial charge is 0.240 e. The van der Waals surface area contributed by atoms with E-state index >= 15 is 0 Å². The smallest absolute Gasteiger partial charge is 0.211 e. The molecule has 0 saturated carbocycles. The number of halogens is 1. The maximum atomic E-state index is 12.1. The van der Waals surface area contributed by atoms with Gasteiger partial charge >= 0.3 is 0 Å². The predicted molar refractivity (Wildman–Crippen MR) is 77.9 cm³/mol. The summed E-state index contributed by atoms with van der Waals surface area (Å²) >= 11 is 3.28. The summed E-state index contributed by atoms with van der Waals surface area (Å²) in [6, 6.07) is 6.71. The molecule has 0 aliphatic heterocycles. The minimum atomic E-state index is -3.43. The van der Waals surface area contributed by atoms with E-state index in [0.717, 1.165) is 4.47 Å². The maximum Gasteiger partial charge on any atom is 0.240 e. The Morgan fingerprint density at radius 3 is 2.44 bits per heavy atom. The molecule has 18 heavy (non-hydrogen) atoms. The minimum Gasteiger partial charge on any atom is -0.211 e. The van der Waals surface area contributed by atoms with Crippen LogP contribution in [0, 0.1) is 11.3 Å². The molecule has 0 radical (unpaired) electrons. The van der Waals surface area contributed by atoms with Crippen LogP contribution in [0.25, 0.3) is 0 Å². The SMILES string of the molecule is CC(C)C(C)(C)CNS(=O)(=O)c1cccc(Br)c1. The molecule has 0 heterocycles. The summed E-state index contributed by atoms with van der Waals surface area (Å²) in [5, 5.41) is 0. The lowest BCUT2D eigenvalue weighted by Gasteiger charge is -2.29. The molecule has 0 unspecified atom stereocenters. The molecular formula is C13H20BrNO2S. The van der Waals surface area contributed by atoms with Gasteiger partial charge in [0.25, 0.3) is 0 Å². The third-order valence-electron chi connectivity index (χ3n) is 3.39. The van der Waals surface area contributed by atoms with Crippen molar-refractivity contribution < 1.29 is 8.42 Å². The van der Waals surface area contributed by atoms with E-state index in [-0.39, 0.29) is 10.3 Å². The molecule has 1 aromatic rings. The molecule has 102 valence electrons. The average Bonchev–Trinajstić information content (AvgIpc) is 2.26. The highest BCUT2D eigenvalue weighted by molar-refractivity contribution is 9.10. The van der Waals surface area contributed by atoms with Crippen LogP contribution >= 0.6 is 15.9 Å². The van der Waals surface area contributed by atoms with Gasteiger partial charge in [-0.15, -0.1) is 0 Å². The van der Waals surface area contributed by atoms with Crippen molar-refractivity contribution >= 4 is 26.0 Å². The second-order valence-corrected chi connectivity index (χ2v) is 8.11. The molecular weight excluding hydrogens is 314 g/mol. The van der Waals surface area contributed by atoms with Crippen LogP contribution in [0.1, 0.15) is 27.7 Å². The molecule has 0 aromatic heterocycles. The van der Waals surface area contributed by atoms with E-state index in [1.54, 1.807) is 24.3 Å². The van der Waals surface area contributed by atoms with Gasteiger partial charge in [-0.25, -0.2) is 13.1 Å². The van der Waals surface area contributed by atoms with Gasteiger partial charge < -0.3 is 0 Å². The Kier molecular flexibility index (Phi) is 4.98. The van der Waals surface area contributed by atoms with Crippen LogP contribution in [0.15, 0.2) is 33.6 Å². The second kappa shape index (κ2) is 5.72. The van der Waals surface area contributed by atoms with Crippen molar-refractivity contribution in [3.05, 3.63) is 28.7 Å². The zero-order valence-corrected chi connectivity index (χ0v) is 13.6. The summed E-state index contributed by atoms with van der Waals surface area (Å²) in [4.78, 5) is 0.288. The highest BCUT2D eigenvalue weighted by Gasteiger charge is 2.25. The van der Waals surface area contributed by atoms with Crippen molar-refractivity contribution in [3.8, 4) is 0 Å². The number of rotatable bonds is 5. The summed E-state index contributed by atoms with van der Waals surface area (Å²) in [5.74, 6) is 0.405.